The smallest absolute Gasteiger partial charge is 0.310 e. The van der Waals surface area contributed by atoms with Crippen LogP contribution >= 0.6 is 11.8 Å². The second-order valence-electron chi connectivity index (χ2n) is 7.54. The van der Waals surface area contributed by atoms with Gasteiger partial charge in [-0.25, -0.2) is 0 Å². The van der Waals surface area contributed by atoms with Gasteiger partial charge in [0.15, 0.2) is 5.96 Å². The third-order valence-electron chi connectivity index (χ3n) is 5.97. The molecule has 0 aliphatic carbocycles. The number of methoxy groups -OCH3 is 1. The van der Waals surface area contributed by atoms with E-state index in [2.05, 4.69) is 27.0 Å². The maximum absolute atomic E-state index is 12.0. The molecule has 0 radical (unpaired) electrons. The highest BCUT2D eigenvalue weighted by molar-refractivity contribution is 7.99. The molecule has 26 heavy (non-hydrogen) atoms. The molecule has 0 aromatic carbocycles. The molecule has 0 bridgehead atoms. The van der Waals surface area contributed by atoms with Crippen LogP contribution in [0.3, 0.4) is 0 Å². The van der Waals surface area contributed by atoms with Gasteiger partial charge < -0.3 is 19.7 Å². The average Bonchev–Trinajstić information content (AvgIpc) is 3.30. The number of morpholine rings is 1. The number of carbonyl (C=O) groups is 1. The van der Waals surface area contributed by atoms with Crippen molar-refractivity contribution < 1.29 is 14.3 Å². The summed E-state index contributed by atoms with van der Waals surface area (Å²) >= 11 is 2.04. The first-order chi connectivity index (χ1) is 12.6. The summed E-state index contributed by atoms with van der Waals surface area (Å²) in [5.74, 6) is 3.34. The molecule has 8 heteroatoms. The molecule has 3 heterocycles. The molecule has 0 saturated carbocycles. The van der Waals surface area contributed by atoms with Crippen LogP contribution in [0.2, 0.25) is 0 Å². The van der Waals surface area contributed by atoms with Crippen molar-refractivity contribution in [3.8, 4) is 0 Å². The van der Waals surface area contributed by atoms with Gasteiger partial charge in [-0.3, -0.25) is 14.7 Å². The number of carbonyl (C=O) groups excluding carboxylic acids is 1. The van der Waals surface area contributed by atoms with E-state index in [0.29, 0.717) is 6.54 Å². The van der Waals surface area contributed by atoms with Crippen LogP contribution in [-0.2, 0) is 14.3 Å². The van der Waals surface area contributed by atoms with E-state index in [-0.39, 0.29) is 23.3 Å². The Balaban J connectivity index is 1.62. The lowest BCUT2D eigenvalue weighted by molar-refractivity contribution is -0.145. The molecule has 3 rings (SSSR count). The Morgan fingerprint density at radius 3 is 2.77 bits per heavy atom. The largest absolute Gasteiger partial charge is 0.469 e. The average molecular weight is 385 g/mol. The summed E-state index contributed by atoms with van der Waals surface area (Å²) in [5, 5.41) is 3.62. The monoisotopic (exact) mass is 384 g/mol. The van der Waals surface area contributed by atoms with Crippen molar-refractivity contribution in [1.82, 2.24) is 15.1 Å². The van der Waals surface area contributed by atoms with Gasteiger partial charge in [-0.1, -0.05) is 6.92 Å². The number of hydrogen-bond acceptors (Lipinski definition) is 6. The van der Waals surface area contributed by atoms with Crippen LogP contribution in [0.25, 0.3) is 0 Å². The quantitative estimate of drug-likeness (QED) is 0.430. The summed E-state index contributed by atoms with van der Waals surface area (Å²) in [6.45, 7) is 8.17. The van der Waals surface area contributed by atoms with Crippen molar-refractivity contribution in [3.63, 3.8) is 0 Å². The first-order valence-corrected chi connectivity index (χ1v) is 10.7. The zero-order chi connectivity index (χ0) is 18.6. The molecule has 3 aliphatic rings. The van der Waals surface area contributed by atoms with Gasteiger partial charge in [-0.2, -0.15) is 11.8 Å². The van der Waals surface area contributed by atoms with Crippen molar-refractivity contribution in [2.45, 2.75) is 18.9 Å². The van der Waals surface area contributed by atoms with E-state index in [1.54, 1.807) is 0 Å². The van der Waals surface area contributed by atoms with Gasteiger partial charge in [-0.05, 0) is 18.1 Å². The van der Waals surface area contributed by atoms with Crippen LogP contribution < -0.4 is 5.32 Å². The second kappa shape index (κ2) is 8.80. The molecule has 1 N–H and O–H groups in total. The van der Waals surface area contributed by atoms with Gasteiger partial charge in [0.25, 0.3) is 0 Å². The van der Waals surface area contributed by atoms with Crippen LogP contribution in [0, 0.1) is 11.8 Å². The maximum Gasteiger partial charge on any atom is 0.310 e. The minimum atomic E-state index is -0.118. The Kier molecular flexibility index (Phi) is 6.69. The minimum Gasteiger partial charge on any atom is -0.469 e. The predicted octanol–water partition coefficient (Wildman–Crippen LogP) is 0.511. The second-order valence-corrected chi connectivity index (χ2v) is 8.64. The predicted molar refractivity (Wildman–Crippen MR) is 105 cm³/mol. The number of aliphatic imine (C=N–C) groups is 1. The summed E-state index contributed by atoms with van der Waals surface area (Å²) in [6.07, 6.45) is 1.20. The van der Waals surface area contributed by atoms with E-state index in [1.165, 1.54) is 19.3 Å². The zero-order valence-electron chi connectivity index (χ0n) is 16.2. The first-order valence-electron chi connectivity index (χ1n) is 9.53. The number of guanidine groups is 1. The fraction of sp³-hybridized carbons (Fsp3) is 0.889. The third kappa shape index (κ3) is 4.12. The van der Waals surface area contributed by atoms with Gasteiger partial charge in [-0.15, -0.1) is 0 Å². The maximum atomic E-state index is 12.0. The number of nitrogens with one attached hydrogen (secondary N) is 1. The molecule has 3 unspecified atom stereocenters. The Bertz CT molecular complexity index is 519. The summed E-state index contributed by atoms with van der Waals surface area (Å²) in [5.41, 5.74) is 0.178. The molecule has 7 nitrogen and oxygen atoms in total. The lowest BCUT2D eigenvalue weighted by Gasteiger charge is -2.43. The molecule has 0 aromatic heterocycles. The first kappa shape index (κ1) is 19.8. The summed E-state index contributed by atoms with van der Waals surface area (Å²) in [7, 11) is 3.29. The van der Waals surface area contributed by atoms with E-state index >= 15 is 0 Å². The van der Waals surface area contributed by atoms with E-state index in [9.17, 15) is 4.79 Å². The minimum absolute atomic E-state index is 0.0752. The Morgan fingerprint density at radius 2 is 2.15 bits per heavy atom. The van der Waals surface area contributed by atoms with E-state index < -0.39 is 0 Å². The van der Waals surface area contributed by atoms with Gasteiger partial charge in [0, 0.05) is 51.1 Å². The highest BCUT2D eigenvalue weighted by Gasteiger charge is 2.42. The van der Waals surface area contributed by atoms with Gasteiger partial charge in [0.05, 0.1) is 26.2 Å². The molecule has 0 aromatic rings. The Hall–Kier alpha value is -0.990. The molecule has 148 valence electrons. The third-order valence-corrected chi connectivity index (χ3v) is 7.20. The summed E-state index contributed by atoms with van der Waals surface area (Å²) < 4.78 is 10.5. The lowest BCUT2D eigenvalue weighted by Crippen LogP contribution is -2.60. The molecular formula is C18H32N4O3S. The van der Waals surface area contributed by atoms with Crippen molar-refractivity contribution in [3.05, 3.63) is 0 Å². The summed E-state index contributed by atoms with van der Waals surface area (Å²) in [4.78, 5) is 21.3. The standard InChI is InChI=1S/C18H32N4O3S/c1-14-10-21(11-15(14)16(23)24-3)17(19-2)20-12-18(4-9-26-13-18)22-5-7-25-8-6-22/h14-15H,4-13H2,1-3H3,(H,19,20). The summed E-state index contributed by atoms with van der Waals surface area (Å²) in [6, 6.07) is 0. The van der Waals surface area contributed by atoms with Crippen molar-refractivity contribution in [1.29, 1.82) is 0 Å². The van der Waals surface area contributed by atoms with Crippen molar-refractivity contribution >= 4 is 23.7 Å². The fourth-order valence-electron chi connectivity index (χ4n) is 4.31. The van der Waals surface area contributed by atoms with Crippen LogP contribution in [0.1, 0.15) is 13.3 Å². The van der Waals surface area contributed by atoms with Crippen molar-refractivity contribution in [2.24, 2.45) is 16.8 Å². The molecule has 3 fully saturated rings. The molecular weight excluding hydrogens is 352 g/mol. The van der Waals surface area contributed by atoms with Crippen LogP contribution in [0.5, 0.6) is 0 Å². The number of esters is 1. The fourth-order valence-corrected chi connectivity index (χ4v) is 5.79. The molecule has 3 aliphatic heterocycles. The van der Waals surface area contributed by atoms with Crippen LogP contribution in [-0.4, -0.2) is 98.9 Å². The lowest BCUT2D eigenvalue weighted by atomic mass is 9.95. The number of rotatable bonds is 4. The topological polar surface area (TPSA) is 66.4 Å². The number of thioether (sulfide) groups is 1. The normalized spacial score (nSPS) is 33.5. The van der Waals surface area contributed by atoms with Crippen molar-refractivity contribution in [2.75, 3.05) is 71.6 Å². The number of nitrogens with zero attached hydrogens (tertiary/aromatic N) is 3. The van der Waals surface area contributed by atoms with E-state index in [0.717, 1.165) is 51.1 Å². The molecule has 0 spiro atoms. The van der Waals surface area contributed by atoms with E-state index in [1.807, 2.05) is 18.8 Å². The Labute approximate surface area is 160 Å². The van der Waals surface area contributed by atoms with Crippen LogP contribution in [0.4, 0.5) is 0 Å². The molecule has 0 amide bonds. The molecule has 3 atom stereocenters. The zero-order valence-corrected chi connectivity index (χ0v) is 17.0. The number of ether oxygens (including phenoxy) is 2. The number of hydrogen-bond donors (Lipinski definition) is 1. The van der Waals surface area contributed by atoms with Gasteiger partial charge >= 0.3 is 5.97 Å². The van der Waals surface area contributed by atoms with Gasteiger partial charge in [0.2, 0.25) is 0 Å². The highest BCUT2D eigenvalue weighted by atomic mass is 32.2. The van der Waals surface area contributed by atoms with E-state index in [4.69, 9.17) is 9.47 Å². The SMILES string of the molecule is CN=C(NCC1(N2CCOCC2)CCSC1)N1CC(C)C(C(=O)OC)C1. The molecule has 3 saturated heterocycles. The highest BCUT2D eigenvalue weighted by Crippen LogP contribution is 2.34. The van der Waals surface area contributed by atoms with Crippen LogP contribution in [0.15, 0.2) is 4.99 Å². The Morgan fingerprint density at radius 1 is 1.38 bits per heavy atom. The number of likely N-dealkylation sites (tertiary alicyclic amines) is 1. The van der Waals surface area contributed by atoms with Gasteiger partial charge in [0.1, 0.15) is 0 Å².